The molecule has 0 aliphatic carbocycles. The Morgan fingerprint density at radius 3 is 2.53 bits per heavy atom. The van der Waals surface area contributed by atoms with Crippen LogP contribution in [0.5, 0.6) is 0 Å². The lowest BCUT2D eigenvalue weighted by Gasteiger charge is -1.98. The summed E-state index contributed by atoms with van der Waals surface area (Å²) in [5, 5.41) is 0. The third kappa shape index (κ3) is 5.66. The Labute approximate surface area is 103 Å². The number of allylic oxidation sites excluding steroid dienone is 1. The molecule has 0 radical (unpaired) electrons. The van der Waals surface area contributed by atoms with E-state index in [1.165, 1.54) is 32.1 Å². The topological polar surface area (TPSA) is 43.4 Å². The van der Waals surface area contributed by atoms with Gasteiger partial charge in [0, 0.05) is 0 Å². The van der Waals surface area contributed by atoms with Crippen molar-refractivity contribution in [3.05, 3.63) is 12.2 Å². The van der Waals surface area contributed by atoms with Gasteiger partial charge in [-0.25, -0.2) is 0 Å². The van der Waals surface area contributed by atoms with E-state index >= 15 is 0 Å². The lowest BCUT2D eigenvalue weighted by Crippen LogP contribution is -2.03. The number of carbonyl (C=O) groups excluding carboxylic acids is 2. The van der Waals surface area contributed by atoms with Crippen molar-refractivity contribution in [1.82, 2.24) is 0 Å². The van der Waals surface area contributed by atoms with Gasteiger partial charge in [-0.15, -0.1) is 0 Å². The van der Waals surface area contributed by atoms with Crippen molar-refractivity contribution < 1.29 is 14.3 Å². The minimum atomic E-state index is -0.399. The monoisotopic (exact) mass is 238 g/mol. The molecule has 1 saturated heterocycles. The quantitative estimate of drug-likeness (QED) is 0.282. The van der Waals surface area contributed by atoms with Crippen molar-refractivity contribution >= 4 is 11.9 Å². The zero-order valence-corrected chi connectivity index (χ0v) is 10.6. The fourth-order valence-corrected chi connectivity index (χ4v) is 1.94. The number of unbranched alkanes of at least 4 members (excludes halogenated alkanes) is 6. The van der Waals surface area contributed by atoms with Gasteiger partial charge >= 0.3 is 11.9 Å². The second kappa shape index (κ2) is 8.04. The van der Waals surface area contributed by atoms with E-state index in [1.54, 1.807) is 0 Å². The molecule has 0 aromatic rings. The summed E-state index contributed by atoms with van der Waals surface area (Å²) in [6.45, 7) is 2.21. The van der Waals surface area contributed by atoms with Gasteiger partial charge in [0.15, 0.2) is 0 Å². The minimum absolute atomic E-state index is 0.214. The van der Waals surface area contributed by atoms with E-state index in [2.05, 4.69) is 11.7 Å². The molecule has 1 heterocycles. The molecule has 0 bridgehead atoms. The summed E-state index contributed by atoms with van der Waals surface area (Å²) < 4.78 is 4.47. The average Bonchev–Trinajstić information content (AvgIpc) is 2.61. The van der Waals surface area contributed by atoms with Gasteiger partial charge in [-0.3, -0.25) is 9.59 Å². The highest BCUT2D eigenvalue weighted by Gasteiger charge is 2.30. The first-order chi connectivity index (χ1) is 8.24. The van der Waals surface area contributed by atoms with Gasteiger partial charge < -0.3 is 4.74 Å². The molecule has 1 atom stereocenters. The molecular formula is C14H22O3. The van der Waals surface area contributed by atoms with Crippen LogP contribution in [-0.4, -0.2) is 11.9 Å². The fourth-order valence-electron chi connectivity index (χ4n) is 1.94. The molecule has 1 rings (SSSR count). The molecule has 0 aromatic carbocycles. The average molecular weight is 238 g/mol. The van der Waals surface area contributed by atoms with Crippen molar-refractivity contribution in [2.45, 2.75) is 58.3 Å². The summed E-state index contributed by atoms with van der Waals surface area (Å²) in [6.07, 6.45) is 12.7. The molecule has 1 fully saturated rings. The molecule has 0 N–H and O–H groups in total. The number of carbonyl (C=O) groups is 2. The van der Waals surface area contributed by atoms with Crippen LogP contribution in [0, 0.1) is 5.92 Å². The van der Waals surface area contributed by atoms with E-state index in [1.807, 2.05) is 12.2 Å². The molecule has 1 aliphatic heterocycles. The van der Waals surface area contributed by atoms with Crippen LogP contribution in [0.4, 0.5) is 0 Å². The molecule has 17 heavy (non-hydrogen) atoms. The Morgan fingerprint density at radius 1 is 1.18 bits per heavy atom. The van der Waals surface area contributed by atoms with Crippen molar-refractivity contribution in [2.24, 2.45) is 5.92 Å². The zero-order valence-electron chi connectivity index (χ0n) is 10.6. The van der Waals surface area contributed by atoms with Gasteiger partial charge in [-0.2, -0.15) is 0 Å². The summed E-state index contributed by atoms with van der Waals surface area (Å²) in [5.74, 6) is -1.12. The number of esters is 2. The van der Waals surface area contributed by atoms with E-state index in [-0.39, 0.29) is 12.3 Å². The van der Waals surface area contributed by atoms with E-state index < -0.39 is 11.9 Å². The number of hydrogen-bond acceptors (Lipinski definition) is 3. The molecular weight excluding hydrogens is 216 g/mol. The number of cyclic esters (lactones) is 2. The predicted molar refractivity (Wildman–Crippen MR) is 66.3 cm³/mol. The Bertz CT molecular complexity index is 281. The van der Waals surface area contributed by atoms with Gasteiger partial charge in [-0.1, -0.05) is 51.2 Å². The van der Waals surface area contributed by atoms with Crippen LogP contribution in [0.3, 0.4) is 0 Å². The van der Waals surface area contributed by atoms with Crippen LogP contribution >= 0.6 is 0 Å². The maximum Gasteiger partial charge on any atom is 0.321 e. The standard InChI is InChI=1S/C14H22O3/c1-2-3-4-5-6-7-8-9-10-12-11-13(15)17-14(12)16/h9-10,12H,2-8,11H2,1H3/b10-9+/t12-/m1/s1. The van der Waals surface area contributed by atoms with E-state index in [4.69, 9.17) is 0 Å². The SMILES string of the molecule is CCCCCCCC/C=C/[C@@H]1CC(=O)OC1=O. The van der Waals surface area contributed by atoms with Gasteiger partial charge in [0.1, 0.15) is 0 Å². The van der Waals surface area contributed by atoms with Crippen LogP contribution in [0.2, 0.25) is 0 Å². The molecule has 96 valence electrons. The number of hydrogen-bond donors (Lipinski definition) is 0. The summed E-state index contributed by atoms with van der Waals surface area (Å²) in [5.41, 5.74) is 0. The second-order valence-electron chi connectivity index (χ2n) is 4.59. The molecule has 0 saturated carbocycles. The first-order valence-electron chi connectivity index (χ1n) is 6.65. The number of ether oxygens (including phenoxy) is 1. The van der Waals surface area contributed by atoms with Crippen molar-refractivity contribution in [3.63, 3.8) is 0 Å². The largest absolute Gasteiger partial charge is 0.393 e. The highest BCUT2D eigenvalue weighted by Crippen LogP contribution is 2.17. The molecule has 3 heteroatoms. The van der Waals surface area contributed by atoms with E-state index in [0.29, 0.717) is 0 Å². The molecule has 1 aliphatic rings. The van der Waals surface area contributed by atoms with Crippen molar-refractivity contribution in [3.8, 4) is 0 Å². The summed E-state index contributed by atoms with van der Waals surface area (Å²) in [7, 11) is 0. The first-order valence-corrected chi connectivity index (χ1v) is 6.65. The lowest BCUT2D eigenvalue weighted by atomic mass is 10.1. The molecule has 0 unspecified atom stereocenters. The Morgan fingerprint density at radius 2 is 1.88 bits per heavy atom. The smallest absolute Gasteiger partial charge is 0.321 e. The Balaban J connectivity index is 2.02. The summed E-state index contributed by atoms with van der Waals surface area (Å²) >= 11 is 0. The molecule has 0 aromatic heterocycles. The van der Waals surface area contributed by atoms with Gasteiger partial charge in [-0.05, 0) is 12.8 Å². The number of rotatable bonds is 8. The van der Waals surface area contributed by atoms with Crippen LogP contribution in [0.1, 0.15) is 58.3 Å². The molecule has 3 nitrogen and oxygen atoms in total. The van der Waals surface area contributed by atoms with E-state index in [0.717, 1.165) is 12.8 Å². The molecule has 0 amide bonds. The minimum Gasteiger partial charge on any atom is -0.393 e. The van der Waals surface area contributed by atoms with Crippen LogP contribution in [0.25, 0.3) is 0 Å². The normalized spacial score (nSPS) is 20.2. The highest BCUT2D eigenvalue weighted by atomic mass is 16.6. The van der Waals surface area contributed by atoms with Crippen molar-refractivity contribution in [1.29, 1.82) is 0 Å². The lowest BCUT2D eigenvalue weighted by molar-refractivity contribution is -0.152. The fraction of sp³-hybridized carbons (Fsp3) is 0.714. The maximum absolute atomic E-state index is 11.1. The highest BCUT2D eigenvalue weighted by molar-refractivity contribution is 5.95. The van der Waals surface area contributed by atoms with Crippen molar-refractivity contribution in [2.75, 3.05) is 0 Å². The zero-order chi connectivity index (χ0) is 12.5. The van der Waals surface area contributed by atoms with Crippen LogP contribution in [0.15, 0.2) is 12.2 Å². The second-order valence-corrected chi connectivity index (χ2v) is 4.59. The van der Waals surface area contributed by atoms with Gasteiger partial charge in [0.25, 0.3) is 0 Å². The third-order valence-electron chi connectivity index (χ3n) is 3.00. The predicted octanol–water partition coefficient (Wildman–Crippen LogP) is 3.38. The van der Waals surface area contributed by atoms with E-state index in [9.17, 15) is 9.59 Å². The van der Waals surface area contributed by atoms with Gasteiger partial charge in [0.2, 0.25) is 0 Å². The van der Waals surface area contributed by atoms with Gasteiger partial charge in [0.05, 0.1) is 12.3 Å². The van der Waals surface area contributed by atoms with Crippen LogP contribution in [-0.2, 0) is 14.3 Å². The first kappa shape index (κ1) is 13.9. The Kier molecular flexibility index (Phi) is 6.60. The maximum atomic E-state index is 11.1. The van der Waals surface area contributed by atoms with Crippen LogP contribution < -0.4 is 0 Å². The molecule has 0 spiro atoms. The Hall–Kier alpha value is -1.12. The third-order valence-corrected chi connectivity index (χ3v) is 3.00. The summed E-state index contributed by atoms with van der Waals surface area (Å²) in [4.78, 5) is 22.0. The summed E-state index contributed by atoms with van der Waals surface area (Å²) in [6, 6.07) is 0.